The van der Waals surface area contributed by atoms with Gasteiger partial charge in [0.1, 0.15) is 12.4 Å². The average Bonchev–Trinajstić information content (AvgIpc) is 2.52. The molecule has 0 atom stereocenters. The van der Waals surface area contributed by atoms with E-state index >= 15 is 0 Å². The lowest BCUT2D eigenvalue weighted by molar-refractivity contribution is 0.193. The first-order valence-corrected chi connectivity index (χ1v) is 8.04. The van der Waals surface area contributed by atoms with Gasteiger partial charge in [-0.25, -0.2) is 0 Å². The summed E-state index contributed by atoms with van der Waals surface area (Å²) in [5.41, 5.74) is 1.21. The standard InChI is InChI=1S/C18H28N2O/c1-3-14-21-18-7-5-4-6-17(18)15-19-10-13-20-11-8-16(2)9-12-20/h3-7,16,19H,1,8-15H2,2H3. The number of rotatable bonds is 8. The summed E-state index contributed by atoms with van der Waals surface area (Å²) in [7, 11) is 0. The van der Waals surface area contributed by atoms with E-state index in [1.165, 1.54) is 31.5 Å². The van der Waals surface area contributed by atoms with Crippen molar-refractivity contribution in [2.45, 2.75) is 26.3 Å². The summed E-state index contributed by atoms with van der Waals surface area (Å²) in [6.07, 6.45) is 4.47. The molecule has 0 spiro atoms. The summed E-state index contributed by atoms with van der Waals surface area (Å²) in [4.78, 5) is 2.56. The van der Waals surface area contributed by atoms with Gasteiger partial charge >= 0.3 is 0 Å². The van der Waals surface area contributed by atoms with E-state index in [1.807, 2.05) is 12.1 Å². The molecule has 0 aromatic heterocycles. The predicted molar refractivity (Wildman–Crippen MR) is 88.7 cm³/mol. The molecule has 1 fully saturated rings. The zero-order valence-corrected chi connectivity index (χ0v) is 13.2. The fourth-order valence-electron chi connectivity index (χ4n) is 2.69. The van der Waals surface area contributed by atoms with Crippen molar-refractivity contribution < 1.29 is 4.74 Å². The molecule has 1 N–H and O–H groups in total. The number of benzene rings is 1. The van der Waals surface area contributed by atoms with E-state index < -0.39 is 0 Å². The summed E-state index contributed by atoms with van der Waals surface area (Å²) in [6, 6.07) is 8.21. The minimum atomic E-state index is 0.559. The van der Waals surface area contributed by atoms with Gasteiger partial charge in [-0.05, 0) is 37.9 Å². The van der Waals surface area contributed by atoms with Crippen molar-refractivity contribution in [3.05, 3.63) is 42.5 Å². The molecule has 3 nitrogen and oxygen atoms in total. The van der Waals surface area contributed by atoms with Crippen LogP contribution in [0.25, 0.3) is 0 Å². The maximum absolute atomic E-state index is 5.68. The normalized spacial score (nSPS) is 16.8. The molecule has 21 heavy (non-hydrogen) atoms. The number of likely N-dealkylation sites (tertiary alicyclic amines) is 1. The maximum Gasteiger partial charge on any atom is 0.124 e. The Bertz CT molecular complexity index is 425. The maximum atomic E-state index is 5.68. The Labute approximate surface area is 129 Å². The van der Waals surface area contributed by atoms with E-state index in [2.05, 4.69) is 35.9 Å². The quantitative estimate of drug-likeness (QED) is 0.588. The Morgan fingerprint density at radius 2 is 2.10 bits per heavy atom. The topological polar surface area (TPSA) is 24.5 Å². The van der Waals surface area contributed by atoms with Crippen LogP contribution in [0.2, 0.25) is 0 Å². The van der Waals surface area contributed by atoms with Crippen molar-refractivity contribution in [2.75, 3.05) is 32.8 Å². The van der Waals surface area contributed by atoms with Crippen LogP contribution in [-0.2, 0) is 6.54 Å². The van der Waals surface area contributed by atoms with Gasteiger partial charge in [-0.3, -0.25) is 0 Å². The zero-order valence-electron chi connectivity index (χ0n) is 13.2. The highest BCUT2D eigenvalue weighted by atomic mass is 16.5. The van der Waals surface area contributed by atoms with Crippen molar-refractivity contribution in [3.63, 3.8) is 0 Å². The first-order valence-electron chi connectivity index (χ1n) is 8.04. The van der Waals surface area contributed by atoms with Gasteiger partial charge < -0.3 is 15.0 Å². The van der Waals surface area contributed by atoms with Crippen molar-refractivity contribution in [1.82, 2.24) is 10.2 Å². The van der Waals surface area contributed by atoms with Crippen LogP contribution in [0.1, 0.15) is 25.3 Å². The molecule has 1 aliphatic rings. The second-order valence-electron chi connectivity index (χ2n) is 5.91. The van der Waals surface area contributed by atoms with Gasteiger partial charge in [0.2, 0.25) is 0 Å². The first-order chi connectivity index (χ1) is 10.3. The zero-order chi connectivity index (χ0) is 14.9. The largest absolute Gasteiger partial charge is 0.489 e. The second kappa shape index (κ2) is 8.85. The summed E-state index contributed by atoms with van der Waals surface area (Å²) in [6.45, 7) is 12.1. The van der Waals surface area contributed by atoms with Crippen molar-refractivity contribution in [2.24, 2.45) is 5.92 Å². The van der Waals surface area contributed by atoms with E-state index in [9.17, 15) is 0 Å². The average molecular weight is 288 g/mol. The molecular formula is C18H28N2O. The first kappa shape index (κ1) is 16.1. The number of ether oxygens (including phenoxy) is 1. The number of hydrogen-bond acceptors (Lipinski definition) is 3. The van der Waals surface area contributed by atoms with Crippen LogP contribution in [0.4, 0.5) is 0 Å². The van der Waals surface area contributed by atoms with Crippen LogP contribution >= 0.6 is 0 Å². The second-order valence-corrected chi connectivity index (χ2v) is 5.91. The molecule has 3 heteroatoms. The van der Waals surface area contributed by atoms with Gasteiger partial charge in [0.25, 0.3) is 0 Å². The van der Waals surface area contributed by atoms with Gasteiger partial charge in [-0.15, -0.1) is 0 Å². The summed E-state index contributed by atoms with van der Waals surface area (Å²) in [5, 5.41) is 3.53. The summed E-state index contributed by atoms with van der Waals surface area (Å²) in [5.74, 6) is 1.86. The lowest BCUT2D eigenvalue weighted by atomic mass is 9.99. The highest BCUT2D eigenvalue weighted by molar-refractivity contribution is 5.33. The fourth-order valence-corrected chi connectivity index (χ4v) is 2.69. The molecule has 116 valence electrons. The van der Waals surface area contributed by atoms with E-state index in [0.717, 1.165) is 31.3 Å². The van der Waals surface area contributed by atoms with Gasteiger partial charge in [0, 0.05) is 25.2 Å². The van der Waals surface area contributed by atoms with E-state index in [4.69, 9.17) is 4.74 Å². The third-order valence-electron chi connectivity index (χ3n) is 4.13. The van der Waals surface area contributed by atoms with Crippen LogP contribution in [0, 0.1) is 5.92 Å². The van der Waals surface area contributed by atoms with Gasteiger partial charge in [-0.2, -0.15) is 0 Å². The number of nitrogens with one attached hydrogen (secondary N) is 1. The van der Waals surface area contributed by atoms with Crippen LogP contribution in [0.3, 0.4) is 0 Å². The fraction of sp³-hybridized carbons (Fsp3) is 0.556. The van der Waals surface area contributed by atoms with Crippen molar-refractivity contribution in [1.29, 1.82) is 0 Å². The lowest BCUT2D eigenvalue weighted by Gasteiger charge is -2.30. The number of nitrogens with zero attached hydrogens (tertiary/aromatic N) is 1. The Balaban J connectivity index is 1.69. The molecule has 0 bridgehead atoms. The van der Waals surface area contributed by atoms with Gasteiger partial charge in [-0.1, -0.05) is 37.8 Å². The molecule has 0 unspecified atom stereocenters. The highest BCUT2D eigenvalue weighted by Crippen LogP contribution is 2.18. The van der Waals surface area contributed by atoms with Gasteiger partial charge in [0.15, 0.2) is 0 Å². The molecule has 1 heterocycles. The Morgan fingerprint density at radius 3 is 2.86 bits per heavy atom. The van der Waals surface area contributed by atoms with E-state index in [1.54, 1.807) is 6.08 Å². The highest BCUT2D eigenvalue weighted by Gasteiger charge is 2.14. The molecule has 0 amide bonds. The molecule has 1 saturated heterocycles. The smallest absolute Gasteiger partial charge is 0.124 e. The van der Waals surface area contributed by atoms with Crippen molar-refractivity contribution >= 4 is 0 Å². The monoisotopic (exact) mass is 288 g/mol. The van der Waals surface area contributed by atoms with Crippen LogP contribution in [0.5, 0.6) is 5.75 Å². The SMILES string of the molecule is C=CCOc1ccccc1CNCCN1CCC(C)CC1. The molecule has 0 radical (unpaired) electrons. The lowest BCUT2D eigenvalue weighted by Crippen LogP contribution is -2.37. The molecule has 0 saturated carbocycles. The Hall–Kier alpha value is -1.32. The molecule has 0 aliphatic carbocycles. The molecule has 1 aromatic carbocycles. The summed E-state index contributed by atoms with van der Waals surface area (Å²) >= 11 is 0. The number of hydrogen-bond donors (Lipinski definition) is 1. The van der Waals surface area contributed by atoms with E-state index in [-0.39, 0.29) is 0 Å². The minimum absolute atomic E-state index is 0.559. The minimum Gasteiger partial charge on any atom is -0.489 e. The predicted octanol–water partition coefficient (Wildman–Crippen LogP) is 3.07. The van der Waals surface area contributed by atoms with E-state index in [0.29, 0.717) is 6.61 Å². The Morgan fingerprint density at radius 1 is 1.33 bits per heavy atom. The number of piperidine rings is 1. The third-order valence-corrected chi connectivity index (χ3v) is 4.13. The molecule has 2 rings (SSSR count). The van der Waals surface area contributed by atoms with Gasteiger partial charge in [0.05, 0.1) is 0 Å². The Kier molecular flexibility index (Phi) is 6.77. The third kappa shape index (κ3) is 5.52. The number of para-hydroxylation sites is 1. The van der Waals surface area contributed by atoms with Crippen molar-refractivity contribution in [3.8, 4) is 5.75 Å². The summed E-state index contributed by atoms with van der Waals surface area (Å²) < 4.78 is 5.68. The molecular weight excluding hydrogens is 260 g/mol. The molecule has 1 aromatic rings. The molecule has 1 aliphatic heterocycles. The van der Waals surface area contributed by atoms with Crippen LogP contribution in [-0.4, -0.2) is 37.7 Å². The van der Waals surface area contributed by atoms with Crippen LogP contribution in [0.15, 0.2) is 36.9 Å². The van der Waals surface area contributed by atoms with Crippen LogP contribution < -0.4 is 10.1 Å².